The molecule has 3 nitrogen and oxygen atoms in total. The van der Waals surface area contributed by atoms with Crippen LogP contribution in [0.4, 0.5) is 0 Å². The van der Waals surface area contributed by atoms with Gasteiger partial charge in [0.2, 0.25) is 0 Å². The molecule has 0 spiro atoms. The average Bonchev–Trinajstić information content (AvgIpc) is 2.57. The molecule has 0 radical (unpaired) electrons. The third-order valence-corrected chi connectivity index (χ3v) is 3.85. The van der Waals surface area contributed by atoms with Crippen LogP contribution in [0.5, 0.6) is 0 Å². The molecule has 1 aromatic heterocycles. The van der Waals surface area contributed by atoms with Gasteiger partial charge < -0.3 is 4.74 Å². The summed E-state index contributed by atoms with van der Waals surface area (Å²) in [4.78, 5) is 12.2. The molecule has 86 valence electrons. The third kappa shape index (κ3) is 3.26. The Labute approximate surface area is 103 Å². The van der Waals surface area contributed by atoms with Crippen LogP contribution in [-0.4, -0.2) is 17.8 Å². The summed E-state index contributed by atoms with van der Waals surface area (Å²) in [5, 5.41) is 8.87. The zero-order valence-corrected chi connectivity index (χ0v) is 11.3. The van der Waals surface area contributed by atoms with Crippen molar-refractivity contribution in [3.05, 3.63) is 16.5 Å². The van der Waals surface area contributed by atoms with Crippen LogP contribution in [0.1, 0.15) is 36.0 Å². The molecule has 0 amide bonds. The van der Waals surface area contributed by atoms with Crippen molar-refractivity contribution in [3.63, 3.8) is 0 Å². The molecular weight excluding hydrogens is 242 g/mol. The van der Waals surface area contributed by atoms with Crippen molar-refractivity contribution in [2.75, 3.05) is 6.26 Å². The molecule has 1 aromatic rings. The third-order valence-electron chi connectivity index (χ3n) is 1.60. The number of hydrogen-bond acceptors (Lipinski definition) is 5. The van der Waals surface area contributed by atoms with E-state index >= 15 is 0 Å². The van der Waals surface area contributed by atoms with E-state index < -0.39 is 5.60 Å². The van der Waals surface area contributed by atoms with Gasteiger partial charge in [-0.25, -0.2) is 4.79 Å². The standard InChI is InChI=1S/C11H13NO2S2/c1-11(2,3)14-9(13)8-5-7(6-12)10(15-4)16-8/h5H,1-4H3. The first-order valence-electron chi connectivity index (χ1n) is 4.68. The average molecular weight is 255 g/mol. The largest absolute Gasteiger partial charge is 0.456 e. The fourth-order valence-corrected chi connectivity index (χ4v) is 2.68. The number of rotatable bonds is 2. The van der Waals surface area contributed by atoms with Crippen LogP contribution < -0.4 is 0 Å². The fourth-order valence-electron chi connectivity index (χ4n) is 1.03. The van der Waals surface area contributed by atoms with Crippen LogP contribution in [-0.2, 0) is 4.74 Å². The van der Waals surface area contributed by atoms with Crippen molar-refractivity contribution >= 4 is 29.1 Å². The smallest absolute Gasteiger partial charge is 0.348 e. The van der Waals surface area contributed by atoms with Crippen molar-refractivity contribution in [1.82, 2.24) is 0 Å². The van der Waals surface area contributed by atoms with E-state index in [-0.39, 0.29) is 5.97 Å². The minimum absolute atomic E-state index is 0.366. The Balaban J connectivity index is 2.94. The van der Waals surface area contributed by atoms with Gasteiger partial charge in [0.1, 0.15) is 16.5 Å². The van der Waals surface area contributed by atoms with Crippen molar-refractivity contribution in [3.8, 4) is 6.07 Å². The first-order valence-corrected chi connectivity index (χ1v) is 6.73. The number of nitriles is 1. The predicted molar refractivity (Wildman–Crippen MR) is 66.0 cm³/mol. The Morgan fingerprint density at radius 1 is 1.56 bits per heavy atom. The molecule has 0 aliphatic heterocycles. The maximum atomic E-state index is 11.7. The Hall–Kier alpha value is -0.990. The Morgan fingerprint density at radius 3 is 2.56 bits per heavy atom. The summed E-state index contributed by atoms with van der Waals surface area (Å²) >= 11 is 2.76. The second-order valence-electron chi connectivity index (χ2n) is 4.13. The minimum Gasteiger partial charge on any atom is -0.456 e. The molecule has 0 aliphatic rings. The fraction of sp³-hybridized carbons (Fsp3) is 0.455. The van der Waals surface area contributed by atoms with Crippen molar-refractivity contribution < 1.29 is 9.53 Å². The molecule has 1 rings (SSSR count). The lowest BCUT2D eigenvalue weighted by atomic mass is 10.2. The molecular formula is C11H13NO2S2. The van der Waals surface area contributed by atoms with Gasteiger partial charge in [-0.1, -0.05) is 0 Å². The van der Waals surface area contributed by atoms with Crippen LogP contribution in [0.25, 0.3) is 0 Å². The van der Waals surface area contributed by atoms with Gasteiger partial charge >= 0.3 is 5.97 Å². The summed E-state index contributed by atoms with van der Waals surface area (Å²) in [6, 6.07) is 3.65. The first kappa shape index (κ1) is 13.1. The molecule has 16 heavy (non-hydrogen) atoms. The number of nitrogens with zero attached hydrogens (tertiary/aromatic N) is 1. The van der Waals surface area contributed by atoms with E-state index in [2.05, 4.69) is 6.07 Å². The number of ether oxygens (including phenoxy) is 1. The highest BCUT2D eigenvalue weighted by Gasteiger charge is 2.21. The second-order valence-corrected chi connectivity index (χ2v) is 6.26. The van der Waals surface area contributed by atoms with Gasteiger partial charge in [0.25, 0.3) is 0 Å². The summed E-state index contributed by atoms with van der Waals surface area (Å²) in [7, 11) is 0. The van der Waals surface area contributed by atoms with E-state index in [1.165, 1.54) is 23.1 Å². The van der Waals surface area contributed by atoms with Crippen molar-refractivity contribution in [2.24, 2.45) is 0 Å². The van der Waals surface area contributed by atoms with E-state index in [4.69, 9.17) is 10.00 Å². The molecule has 1 heterocycles. The molecule has 0 aliphatic carbocycles. The SMILES string of the molecule is CSc1sc(C(=O)OC(C)(C)C)cc1C#N. The summed E-state index contributed by atoms with van der Waals surface area (Å²) in [6.07, 6.45) is 1.88. The predicted octanol–water partition coefficient (Wildman–Crippen LogP) is 3.30. The number of thioether (sulfide) groups is 1. The van der Waals surface area contributed by atoms with Gasteiger partial charge in [-0.05, 0) is 33.1 Å². The lowest BCUT2D eigenvalue weighted by Crippen LogP contribution is -2.23. The van der Waals surface area contributed by atoms with Crippen molar-refractivity contribution in [2.45, 2.75) is 30.6 Å². The molecule has 0 atom stereocenters. The number of carbonyl (C=O) groups is 1. The summed E-state index contributed by atoms with van der Waals surface area (Å²) in [6.45, 7) is 5.46. The van der Waals surface area contributed by atoms with E-state index in [0.717, 1.165) is 4.21 Å². The van der Waals surface area contributed by atoms with Crippen molar-refractivity contribution in [1.29, 1.82) is 5.26 Å². The molecule has 0 unspecified atom stereocenters. The Bertz CT molecular complexity index is 438. The maximum Gasteiger partial charge on any atom is 0.348 e. The molecule has 0 N–H and O–H groups in total. The number of esters is 1. The second kappa shape index (κ2) is 4.89. The summed E-state index contributed by atoms with van der Waals surface area (Å²) < 4.78 is 6.08. The van der Waals surface area contributed by atoms with E-state index in [0.29, 0.717) is 10.4 Å². The zero-order chi connectivity index (χ0) is 12.3. The zero-order valence-electron chi connectivity index (χ0n) is 9.66. The van der Waals surface area contributed by atoms with E-state index in [1.807, 2.05) is 27.0 Å². The van der Waals surface area contributed by atoms with Crippen LogP contribution in [0.2, 0.25) is 0 Å². The highest BCUT2D eigenvalue weighted by molar-refractivity contribution is 8.00. The molecule has 0 saturated heterocycles. The van der Waals surface area contributed by atoms with E-state index in [9.17, 15) is 4.79 Å². The van der Waals surface area contributed by atoms with Crippen LogP contribution in [0, 0.1) is 11.3 Å². The first-order chi connectivity index (χ1) is 7.37. The van der Waals surface area contributed by atoms with E-state index in [1.54, 1.807) is 6.07 Å². The lowest BCUT2D eigenvalue weighted by Gasteiger charge is -2.18. The topological polar surface area (TPSA) is 50.1 Å². The lowest BCUT2D eigenvalue weighted by molar-refractivity contribution is 0.00752. The van der Waals surface area contributed by atoms with Gasteiger partial charge in [0, 0.05) is 0 Å². The Kier molecular flexibility index (Phi) is 4.00. The van der Waals surface area contributed by atoms with Gasteiger partial charge in [0.05, 0.1) is 9.77 Å². The maximum absolute atomic E-state index is 11.7. The minimum atomic E-state index is -0.507. The molecule has 0 fully saturated rings. The van der Waals surface area contributed by atoms with Gasteiger partial charge in [-0.3, -0.25) is 0 Å². The highest BCUT2D eigenvalue weighted by atomic mass is 32.2. The van der Waals surface area contributed by atoms with Crippen LogP contribution in [0.15, 0.2) is 10.3 Å². The summed E-state index contributed by atoms with van der Waals surface area (Å²) in [5.74, 6) is -0.366. The van der Waals surface area contributed by atoms with Crippen LogP contribution in [0.3, 0.4) is 0 Å². The number of thiophene rings is 1. The molecule has 0 bridgehead atoms. The summed E-state index contributed by atoms with van der Waals surface area (Å²) in [5.41, 5.74) is 0.0336. The molecule has 5 heteroatoms. The highest BCUT2D eigenvalue weighted by Crippen LogP contribution is 2.31. The number of hydrogen-bond donors (Lipinski definition) is 0. The Morgan fingerprint density at radius 2 is 2.19 bits per heavy atom. The van der Waals surface area contributed by atoms with Crippen LogP contribution >= 0.6 is 23.1 Å². The number of carbonyl (C=O) groups excluding carboxylic acids is 1. The monoisotopic (exact) mass is 255 g/mol. The van der Waals surface area contributed by atoms with Gasteiger partial charge in [-0.15, -0.1) is 23.1 Å². The van der Waals surface area contributed by atoms with Gasteiger partial charge in [-0.2, -0.15) is 5.26 Å². The quantitative estimate of drug-likeness (QED) is 0.601. The van der Waals surface area contributed by atoms with Gasteiger partial charge in [0.15, 0.2) is 0 Å². The molecule has 0 aromatic carbocycles. The normalized spacial score (nSPS) is 10.9. The molecule has 0 saturated carbocycles.